The summed E-state index contributed by atoms with van der Waals surface area (Å²) in [7, 11) is 1.54. The third kappa shape index (κ3) is 4.89. The van der Waals surface area contributed by atoms with Crippen molar-refractivity contribution in [2.75, 3.05) is 20.1 Å². The lowest BCUT2D eigenvalue weighted by atomic mass is 10.1. The molecule has 0 fully saturated rings. The highest BCUT2D eigenvalue weighted by molar-refractivity contribution is 5.98. The molecule has 0 bridgehead atoms. The van der Waals surface area contributed by atoms with Gasteiger partial charge in [-0.2, -0.15) is 0 Å². The second-order valence-electron chi connectivity index (χ2n) is 5.37. The lowest BCUT2D eigenvalue weighted by molar-refractivity contribution is 0.0953. The Labute approximate surface area is 141 Å². The molecule has 0 saturated carbocycles. The first-order chi connectivity index (χ1) is 11.6. The van der Waals surface area contributed by atoms with E-state index in [2.05, 4.69) is 15.6 Å². The fourth-order valence-electron chi connectivity index (χ4n) is 2.26. The molecule has 2 aromatic rings. The van der Waals surface area contributed by atoms with Crippen LogP contribution >= 0.6 is 0 Å². The van der Waals surface area contributed by atoms with Gasteiger partial charge in [-0.15, -0.1) is 0 Å². The van der Waals surface area contributed by atoms with E-state index in [1.165, 1.54) is 13.1 Å². The summed E-state index contributed by atoms with van der Waals surface area (Å²) in [5, 5.41) is 5.34. The van der Waals surface area contributed by atoms with Gasteiger partial charge in [0.05, 0.1) is 0 Å². The molecule has 0 saturated heterocycles. The van der Waals surface area contributed by atoms with Crippen molar-refractivity contribution < 1.29 is 9.59 Å². The first-order valence-electron chi connectivity index (χ1n) is 7.89. The summed E-state index contributed by atoms with van der Waals surface area (Å²) >= 11 is 0. The molecule has 0 spiro atoms. The van der Waals surface area contributed by atoms with Crippen LogP contribution in [0.1, 0.15) is 38.5 Å². The van der Waals surface area contributed by atoms with Crippen LogP contribution in [-0.2, 0) is 6.42 Å². The second-order valence-corrected chi connectivity index (χ2v) is 5.37. The van der Waals surface area contributed by atoms with Crippen LogP contribution < -0.4 is 16.4 Å². The Balaban J connectivity index is 2.27. The van der Waals surface area contributed by atoms with Crippen LogP contribution in [0.5, 0.6) is 0 Å². The molecule has 2 rings (SSSR count). The van der Waals surface area contributed by atoms with Crippen molar-refractivity contribution in [2.24, 2.45) is 5.73 Å². The van der Waals surface area contributed by atoms with Crippen molar-refractivity contribution in [1.82, 2.24) is 15.6 Å². The molecule has 1 aromatic carbocycles. The number of nitrogens with zero attached hydrogens (tertiary/aromatic N) is 1. The summed E-state index contributed by atoms with van der Waals surface area (Å²) < 4.78 is 0. The van der Waals surface area contributed by atoms with E-state index in [9.17, 15) is 9.59 Å². The van der Waals surface area contributed by atoms with Crippen LogP contribution in [0.15, 0.2) is 42.5 Å². The molecule has 0 radical (unpaired) electrons. The molecular formula is C18H22N4O2. The predicted octanol–water partition coefficient (Wildman–Crippen LogP) is 1.11. The van der Waals surface area contributed by atoms with Gasteiger partial charge in [-0.25, -0.2) is 4.98 Å². The Morgan fingerprint density at radius 3 is 2.54 bits per heavy atom. The van der Waals surface area contributed by atoms with E-state index in [-0.39, 0.29) is 17.5 Å². The number of pyridine rings is 1. The number of benzene rings is 1. The Bertz CT molecular complexity index is 701. The summed E-state index contributed by atoms with van der Waals surface area (Å²) in [5.74, 6) is -0.550. The van der Waals surface area contributed by atoms with Crippen LogP contribution in [0.2, 0.25) is 0 Å². The van der Waals surface area contributed by atoms with Gasteiger partial charge < -0.3 is 16.4 Å². The van der Waals surface area contributed by atoms with Crippen molar-refractivity contribution in [3.8, 4) is 0 Å². The Morgan fingerprint density at radius 1 is 1.12 bits per heavy atom. The number of carbonyl (C=O) groups excluding carboxylic acids is 2. The Morgan fingerprint density at radius 2 is 1.88 bits per heavy atom. The number of hydrogen-bond acceptors (Lipinski definition) is 4. The number of amides is 2. The maximum Gasteiger partial charge on any atom is 0.269 e. The van der Waals surface area contributed by atoms with E-state index in [0.717, 1.165) is 5.56 Å². The number of aromatic nitrogens is 1. The first-order valence-corrected chi connectivity index (χ1v) is 7.89. The van der Waals surface area contributed by atoms with Crippen LogP contribution in [0.25, 0.3) is 0 Å². The monoisotopic (exact) mass is 326 g/mol. The SMILES string of the molecule is CNC(=O)c1cc(C(=O)NCCCN)cc(Cc2ccccc2)n1. The minimum absolute atomic E-state index is 0.231. The van der Waals surface area contributed by atoms with Gasteiger partial charge in [0.15, 0.2) is 0 Å². The third-order valence-corrected chi connectivity index (χ3v) is 3.49. The molecule has 0 atom stereocenters. The molecule has 2 amide bonds. The molecule has 4 N–H and O–H groups in total. The molecule has 24 heavy (non-hydrogen) atoms. The van der Waals surface area contributed by atoms with Gasteiger partial charge in [0.25, 0.3) is 11.8 Å². The summed E-state index contributed by atoms with van der Waals surface area (Å²) in [6, 6.07) is 13.0. The molecule has 1 heterocycles. The van der Waals surface area contributed by atoms with Crippen LogP contribution in [0, 0.1) is 0 Å². The van der Waals surface area contributed by atoms with E-state index < -0.39 is 0 Å². The van der Waals surface area contributed by atoms with Crippen molar-refractivity contribution in [3.63, 3.8) is 0 Å². The van der Waals surface area contributed by atoms with Gasteiger partial charge in [0, 0.05) is 31.3 Å². The molecule has 126 valence electrons. The molecule has 0 aliphatic heterocycles. The van der Waals surface area contributed by atoms with Crippen molar-refractivity contribution in [1.29, 1.82) is 0 Å². The molecular weight excluding hydrogens is 304 g/mol. The van der Waals surface area contributed by atoms with E-state index in [4.69, 9.17) is 5.73 Å². The molecule has 0 aliphatic rings. The zero-order chi connectivity index (χ0) is 17.4. The third-order valence-electron chi connectivity index (χ3n) is 3.49. The van der Waals surface area contributed by atoms with E-state index in [1.54, 1.807) is 6.07 Å². The minimum atomic E-state index is -0.319. The molecule has 6 heteroatoms. The van der Waals surface area contributed by atoms with E-state index in [1.807, 2.05) is 30.3 Å². The quantitative estimate of drug-likeness (QED) is 0.664. The second kappa shape index (κ2) is 8.79. The van der Waals surface area contributed by atoms with Crippen molar-refractivity contribution in [2.45, 2.75) is 12.8 Å². The van der Waals surface area contributed by atoms with E-state index >= 15 is 0 Å². The first kappa shape index (κ1) is 17.6. The number of hydrogen-bond donors (Lipinski definition) is 3. The average molecular weight is 326 g/mol. The van der Waals surface area contributed by atoms with Gasteiger partial charge in [0.2, 0.25) is 0 Å². The smallest absolute Gasteiger partial charge is 0.269 e. The number of carbonyl (C=O) groups is 2. The van der Waals surface area contributed by atoms with Crippen molar-refractivity contribution in [3.05, 3.63) is 65.0 Å². The topological polar surface area (TPSA) is 97.1 Å². The lowest BCUT2D eigenvalue weighted by Crippen LogP contribution is -2.27. The fraction of sp³-hybridized carbons (Fsp3) is 0.278. The molecule has 1 aromatic heterocycles. The highest BCUT2D eigenvalue weighted by atomic mass is 16.2. The molecule has 6 nitrogen and oxygen atoms in total. The maximum absolute atomic E-state index is 12.3. The Hall–Kier alpha value is -2.73. The number of nitrogens with two attached hydrogens (primary N) is 1. The zero-order valence-electron chi connectivity index (χ0n) is 13.7. The summed E-state index contributed by atoms with van der Waals surface area (Å²) in [6.45, 7) is 1.01. The van der Waals surface area contributed by atoms with Gasteiger partial charge in [-0.1, -0.05) is 30.3 Å². The summed E-state index contributed by atoms with van der Waals surface area (Å²) in [6.07, 6.45) is 1.25. The largest absolute Gasteiger partial charge is 0.354 e. The van der Waals surface area contributed by atoms with E-state index in [0.29, 0.717) is 37.2 Å². The zero-order valence-corrected chi connectivity index (χ0v) is 13.7. The highest BCUT2D eigenvalue weighted by Gasteiger charge is 2.14. The van der Waals surface area contributed by atoms with Gasteiger partial charge in [-0.3, -0.25) is 9.59 Å². The molecule has 0 aliphatic carbocycles. The van der Waals surface area contributed by atoms with Crippen LogP contribution in [0.3, 0.4) is 0 Å². The number of rotatable bonds is 7. The average Bonchev–Trinajstić information content (AvgIpc) is 2.61. The standard InChI is InChI=1S/C18H22N4O2/c1-20-18(24)16-12-14(17(23)21-9-5-8-19)11-15(22-16)10-13-6-3-2-4-7-13/h2-4,6-7,11-12H,5,8-10,19H2,1H3,(H,20,24)(H,21,23). The number of nitrogens with one attached hydrogen (secondary N) is 2. The summed E-state index contributed by atoms with van der Waals surface area (Å²) in [4.78, 5) is 28.6. The molecule has 0 unspecified atom stereocenters. The minimum Gasteiger partial charge on any atom is -0.354 e. The summed E-state index contributed by atoms with van der Waals surface area (Å²) in [5.41, 5.74) is 7.82. The fourth-order valence-corrected chi connectivity index (χ4v) is 2.26. The van der Waals surface area contributed by atoms with Crippen molar-refractivity contribution >= 4 is 11.8 Å². The predicted molar refractivity (Wildman–Crippen MR) is 92.9 cm³/mol. The van der Waals surface area contributed by atoms with Crippen LogP contribution in [0.4, 0.5) is 0 Å². The maximum atomic E-state index is 12.3. The highest BCUT2D eigenvalue weighted by Crippen LogP contribution is 2.12. The van der Waals surface area contributed by atoms with Gasteiger partial charge in [0.1, 0.15) is 5.69 Å². The normalized spacial score (nSPS) is 10.2. The van der Waals surface area contributed by atoms with Gasteiger partial charge in [-0.05, 0) is 30.7 Å². The van der Waals surface area contributed by atoms with Gasteiger partial charge >= 0.3 is 0 Å². The lowest BCUT2D eigenvalue weighted by Gasteiger charge is -2.09. The van der Waals surface area contributed by atoms with Crippen LogP contribution in [-0.4, -0.2) is 36.9 Å². The Kier molecular flexibility index (Phi) is 6.45.